The lowest BCUT2D eigenvalue weighted by Crippen LogP contribution is -2.37. The van der Waals surface area contributed by atoms with Crippen molar-refractivity contribution in [1.82, 2.24) is 4.90 Å². The Balaban J connectivity index is 1.32. The van der Waals surface area contributed by atoms with Gasteiger partial charge in [0.1, 0.15) is 0 Å². The summed E-state index contributed by atoms with van der Waals surface area (Å²) in [6.07, 6.45) is 0.224. The number of hydrogen-bond acceptors (Lipinski definition) is 4. The van der Waals surface area contributed by atoms with Crippen LogP contribution in [0, 0.1) is 5.92 Å². The van der Waals surface area contributed by atoms with Gasteiger partial charge in [0, 0.05) is 25.2 Å². The van der Waals surface area contributed by atoms with Crippen LogP contribution in [-0.4, -0.2) is 30.1 Å². The Morgan fingerprint density at radius 3 is 2.41 bits per heavy atom. The third-order valence-corrected chi connectivity index (χ3v) is 5.89. The van der Waals surface area contributed by atoms with Gasteiger partial charge in [-0.3, -0.25) is 9.59 Å². The van der Waals surface area contributed by atoms with Gasteiger partial charge in [0.2, 0.25) is 18.6 Å². The van der Waals surface area contributed by atoms with Crippen molar-refractivity contribution < 1.29 is 19.1 Å². The predicted molar refractivity (Wildman–Crippen MR) is 120 cm³/mol. The molecule has 5 rings (SSSR count). The summed E-state index contributed by atoms with van der Waals surface area (Å²) in [5, 5.41) is 0. The summed E-state index contributed by atoms with van der Waals surface area (Å²) in [6, 6.07) is 25.2. The molecule has 2 aliphatic heterocycles. The Labute approximate surface area is 187 Å². The molecule has 1 fully saturated rings. The molecule has 162 valence electrons. The molecule has 1 saturated heterocycles. The van der Waals surface area contributed by atoms with Crippen LogP contribution in [0.4, 0.5) is 5.69 Å². The van der Waals surface area contributed by atoms with Crippen LogP contribution >= 0.6 is 0 Å². The molecule has 0 bridgehead atoms. The number of hydrogen-bond donors (Lipinski definition) is 0. The highest BCUT2D eigenvalue weighted by Crippen LogP contribution is 2.33. The fraction of sp³-hybridized carbons (Fsp3) is 0.231. The minimum atomic E-state index is -0.375. The lowest BCUT2D eigenvalue weighted by molar-refractivity contribution is -0.128. The summed E-state index contributed by atoms with van der Waals surface area (Å²) < 4.78 is 10.8. The lowest BCUT2D eigenvalue weighted by Gasteiger charge is -2.26. The van der Waals surface area contributed by atoms with Gasteiger partial charge >= 0.3 is 0 Å². The molecule has 2 heterocycles. The minimum absolute atomic E-state index is 0.00580. The maximum Gasteiger partial charge on any atom is 0.232 e. The highest BCUT2D eigenvalue weighted by Gasteiger charge is 2.37. The van der Waals surface area contributed by atoms with Crippen molar-refractivity contribution in [3.63, 3.8) is 0 Å². The summed E-state index contributed by atoms with van der Waals surface area (Å²) in [7, 11) is 0. The van der Waals surface area contributed by atoms with Gasteiger partial charge in [-0.15, -0.1) is 0 Å². The molecule has 1 atom stereocenters. The molecular weight excluding hydrogens is 404 g/mol. The van der Waals surface area contributed by atoms with Crippen LogP contribution in [0.15, 0.2) is 78.9 Å². The van der Waals surface area contributed by atoms with Crippen LogP contribution in [0.25, 0.3) is 0 Å². The van der Waals surface area contributed by atoms with Gasteiger partial charge in [-0.1, -0.05) is 54.6 Å². The van der Waals surface area contributed by atoms with Crippen molar-refractivity contribution in [2.45, 2.75) is 19.5 Å². The molecule has 6 heteroatoms. The fourth-order valence-electron chi connectivity index (χ4n) is 4.24. The number of likely N-dealkylation sites (tertiary alicyclic amines) is 1. The second kappa shape index (κ2) is 8.75. The number of benzene rings is 3. The Bertz CT molecular complexity index is 1120. The number of carbonyl (C=O) groups excluding carboxylic acids is 2. The van der Waals surface area contributed by atoms with E-state index in [0.29, 0.717) is 31.1 Å². The second-order valence-electron chi connectivity index (χ2n) is 8.11. The quantitative estimate of drug-likeness (QED) is 0.596. The van der Waals surface area contributed by atoms with Crippen molar-refractivity contribution >= 4 is 17.5 Å². The van der Waals surface area contributed by atoms with E-state index in [1.54, 1.807) is 9.80 Å². The molecular formula is C26H24N2O4. The molecule has 0 aliphatic carbocycles. The molecule has 0 N–H and O–H groups in total. The number of anilines is 1. The zero-order valence-corrected chi connectivity index (χ0v) is 17.6. The third kappa shape index (κ3) is 4.17. The summed E-state index contributed by atoms with van der Waals surface area (Å²) in [5.74, 6) is 1.00. The number of amides is 2. The number of para-hydroxylation sites is 1. The zero-order valence-electron chi connectivity index (χ0n) is 17.6. The van der Waals surface area contributed by atoms with Crippen LogP contribution in [0.5, 0.6) is 11.5 Å². The monoisotopic (exact) mass is 428 g/mol. The van der Waals surface area contributed by atoms with Gasteiger partial charge < -0.3 is 19.3 Å². The Kier molecular flexibility index (Phi) is 5.50. The van der Waals surface area contributed by atoms with Crippen molar-refractivity contribution in [1.29, 1.82) is 0 Å². The van der Waals surface area contributed by atoms with Crippen molar-refractivity contribution in [3.05, 3.63) is 90.0 Å². The average molecular weight is 428 g/mol. The molecule has 32 heavy (non-hydrogen) atoms. The van der Waals surface area contributed by atoms with Gasteiger partial charge in [-0.05, 0) is 35.4 Å². The first-order valence-corrected chi connectivity index (χ1v) is 10.7. The van der Waals surface area contributed by atoms with E-state index in [1.165, 1.54) is 0 Å². The highest BCUT2D eigenvalue weighted by molar-refractivity contribution is 5.99. The summed E-state index contributed by atoms with van der Waals surface area (Å²) >= 11 is 0. The maximum absolute atomic E-state index is 13.6. The van der Waals surface area contributed by atoms with E-state index in [4.69, 9.17) is 9.47 Å². The first kappa shape index (κ1) is 20.1. The van der Waals surface area contributed by atoms with Crippen LogP contribution in [-0.2, 0) is 22.7 Å². The molecule has 1 unspecified atom stereocenters. The topological polar surface area (TPSA) is 59.1 Å². The van der Waals surface area contributed by atoms with Crippen molar-refractivity contribution in [2.75, 3.05) is 18.2 Å². The minimum Gasteiger partial charge on any atom is -0.454 e. The van der Waals surface area contributed by atoms with Gasteiger partial charge in [0.25, 0.3) is 0 Å². The summed E-state index contributed by atoms with van der Waals surface area (Å²) in [5.41, 5.74) is 2.84. The van der Waals surface area contributed by atoms with E-state index < -0.39 is 0 Å². The molecule has 3 aromatic rings. The SMILES string of the molecule is O=C1CC(C(=O)N(Cc2ccccc2)c2ccccc2)CN1Cc1ccc2c(c1)OCO2. The van der Waals surface area contributed by atoms with E-state index >= 15 is 0 Å². The number of rotatable bonds is 6. The predicted octanol–water partition coefficient (Wildman–Crippen LogP) is 4.00. The van der Waals surface area contributed by atoms with E-state index in [2.05, 4.69) is 0 Å². The fourth-order valence-corrected chi connectivity index (χ4v) is 4.24. The molecule has 3 aromatic carbocycles. The Morgan fingerprint density at radius 1 is 0.906 bits per heavy atom. The first-order valence-electron chi connectivity index (χ1n) is 10.7. The second-order valence-corrected chi connectivity index (χ2v) is 8.11. The van der Waals surface area contributed by atoms with Gasteiger partial charge in [0.15, 0.2) is 11.5 Å². The largest absolute Gasteiger partial charge is 0.454 e. The molecule has 0 saturated carbocycles. The van der Waals surface area contributed by atoms with Crippen LogP contribution < -0.4 is 14.4 Å². The summed E-state index contributed by atoms with van der Waals surface area (Å²) in [6.45, 7) is 1.54. The smallest absolute Gasteiger partial charge is 0.232 e. The molecule has 0 radical (unpaired) electrons. The molecule has 0 spiro atoms. The molecule has 0 aromatic heterocycles. The maximum atomic E-state index is 13.6. The number of carbonyl (C=O) groups is 2. The third-order valence-electron chi connectivity index (χ3n) is 5.89. The van der Waals surface area contributed by atoms with Crippen molar-refractivity contribution in [2.24, 2.45) is 5.92 Å². The van der Waals surface area contributed by atoms with Gasteiger partial charge in [0.05, 0.1) is 12.5 Å². The van der Waals surface area contributed by atoms with Gasteiger partial charge in [-0.25, -0.2) is 0 Å². The molecule has 2 aliphatic rings. The normalized spacial score (nSPS) is 16.9. The highest BCUT2D eigenvalue weighted by atomic mass is 16.7. The van der Waals surface area contributed by atoms with Crippen LogP contribution in [0.3, 0.4) is 0 Å². The van der Waals surface area contributed by atoms with Crippen LogP contribution in [0.1, 0.15) is 17.5 Å². The van der Waals surface area contributed by atoms with E-state index in [1.807, 2.05) is 78.9 Å². The Hall–Kier alpha value is -3.80. The summed E-state index contributed by atoms with van der Waals surface area (Å²) in [4.78, 5) is 29.8. The van der Waals surface area contributed by atoms with E-state index in [-0.39, 0.29) is 30.9 Å². The first-order chi connectivity index (χ1) is 15.7. The van der Waals surface area contributed by atoms with E-state index in [9.17, 15) is 9.59 Å². The molecule has 2 amide bonds. The number of fused-ring (bicyclic) bond motifs is 1. The molecule has 6 nitrogen and oxygen atoms in total. The van der Waals surface area contributed by atoms with Gasteiger partial charge in [-0.2, -0.15) is 0 Å². The van der Waals surface area contributed by atoms with Crippen LogP contribution in [0.2, 0.25) is 0 Å². The Morgan fingerprint density at radius 2 is 1.62 bits per heavy atom. The van der Waals surface area contributed by atoms with E-state index in [0.717, 1.165) is 16.8 Å². The number of ether oxygens (including phenoxy) is 2. The zero-order chi connectivity index (χ0) is 21.9. The standard InChI is InChI=1S/C26H24N2O4/c29-25-14-21(17-27(25)15-20-11-12-23-24(13-20)32-18-31-23)26(30)28(22-9-5-2-6-10-22)16-19-7-3-1-4-8-19/h1-13,21H,14-18H2. The number of nitrogens with zero attached hydrogens (tertiary/aromatic N) is 2. The average Bonchev–Trinajstić information content (AvgIpc) is 3.44. The van der Waals surface area contributed by atoms with Crippen molar-refractivity contribution in [3.8, 4) is 11.5 Å². The lowest BCUT2D eigenvalue weighted by atomic mass is 10.1.